The molecule has 0 saturated carbocycles. The van der Waals surface area contributed by atoms with Crippen LogP contribution in [0, 0.1) is 5.82 Å². The zero-order valence-electron chi connectivity index (χ0n) is 11.0. The molecular formula is C15H8FN3O3. The quantitative estimate of drug-likeness (QED) is 0.615. The van der Waals surface area contributed by atoms with E-state index in [1.54, 1.807) is 22.7 Å². The van der Waals surface area contributed by atoms with Crippen molar-refractivity contribution in [3.05, 3.63) is 54.1 Å². The molecule has 4 rings (SSSR count). The highest BCUT2D eigenvalue weighted by Gasteiger charge is 2.16. The van der Waals surface area contributed by atoms with Crippen molar-refractivity contribution < 1.29 is 18.8 Å². The van der Waals surface area contributed by atoms with Gasteiger partial charge in [0.25, 0.3) is 0 Å². The standard InChI is InChI=1S/C15H8FN3O3/c16-9-2-4-13-17-6-11(19(13)7-9)14-10-3-1-8(15(20)21)5-12(10)22-18-14/h1-7H,(H,20,21). The first-order valence-electron chi connectivity index (χ1n) is 6.39. The van der Waals surface area contributed by atoms with Crippen LogP contribution in [0.4, 0.5) is 4.39 Å². The zero-order valence-corrected chi connectivity index (χ0v) is 11.0. The van der Waals surface area contributed by atoms with E-state index in [0.717, 1.165) is 0 Å². The van der Waals surface area contributed by atoms with Gasteiger partial charge in [0.15, 0.2) is 5.58 Å². The fourth-order valence-electron chi connectivity index (χ4n) is 2.39. The molecule has 0 saturated heterocycles. The Hall–Kier alpha value is -3.22. The van der Waals surface area contributed by atoms with E-state index in [4.69, 9.17) is 9.63 Å². The molecule has 4 aromatic rings. The van der Waals surface area contributed by atoms with Crippen molar-refractivity contribution in [3.8, 4) is 11.4 Å². The number of hydrogen-bond acceptors (Lipinski definition) is 4. The number of halogens is 1. The van der Waals surface area contributed by atoms with Crippen molar-refractivity contribution in [2.45, 2.75) is 0 Å². The van der Waals surface area contributed by atoms with Gasteiger partial charge in [-0.3, -0.25) is 4.40 Å². The number of pyridine rings is 1. The van der Waals surface area contributed by atoms with Crippen molar-refractivity contribution in [1.29, 1.82) is 0 Å². The molecule has 1 N–H and O–H groups in total. The van der Waals surface area contributed by atoms with E-state index in [1.807, 2.05) is 0 Å². The Bertz CT molecular complexity index is 1040. The number of aromatic carboxylic acids is 1. The van der Waals surface area contributed by atoms with Crippen molar-refractivity contribution in [2.75, 3.05) is 0 Å². The lowest BCUT2D eigenvalue weighted by molar-refractivity contribution is 0.0697. The molecule has 0 spiro atoms. The van der Waals surface area contributed by atoms with Gasteiger partial charge in [-0.2, -0.15) is 0 Å². The van der Waals surface area contributed by atoms with Gasteiger partial charge in [0, 0.05) is 6.20 Å². The largest absolute Gasteiger partial charge is 0.478 e. The molecule has 0 bridgehead atoms. The number of rotatable bonds is 2. The van der Waals surface area contributed by atoms with Gasteiger partial charge in [-0.15, -0.1) is 0 Å². The van der Waals surface area contributed by atoms with Crippen molar-refractivity contribution >= 4 is 22.6 Å². The van der Waals surface area contributed by atoms with Gasteiger partial charge >= 0.3 is 5.97 Å². The average molecular weight is 297 g/mol. The van der Waals surface area contributed by atoms with E-state index in [0.29, 0.717) is 28.0 Å². The summed E-state index contributed by atoms with van der Waals surface area (Å²) in [5.74, 6) is -1.44. The molecule has 22 heavy (non-hydrogen) atoms. The fourth-order valence-corrected chi connectivity index (χ4v) is 2.39. The molecule has 0 aliphatic carbocycles. The molecule has 7 heteroatoms. The molecule has 108 valence electrons. The summed E-state index contributed by atoms with van der Waals surface area (Å²) in [6, 6.07) is 7.37. The van der Waals surface area contributed by atoms with E-state index < -0.39 is 11.8 Å². The van der Waals surface area contributed by atoms with Crippen LogP contribution in [-0.2, 0) is 0 Å². The van der Waals surface area contributed by atoms with Gasteiger partial charge in [0.05, 0.1) is 22.8 Å². The van der Waals surface area contributed by atoms with Crippen LogP contribution in [0.3, 0.4) is 0 Å². The maximum Gasteiger partial charge on any atom is 0.335 e. The van der Waals surface area contributed by atoms with Gasteiger partial charge in [-0.1, -0.05) is 5.16 Å². The number of hydrogen-bond donors (Lipinski definition) is 1. The van der Waals surface area contributed by atoms with Crippen LogP contribution in [0.1, 0.15) is 10.4 Å². The van der Waals surface area contributed by atoms with E-state index in [2.05, 4.69) is 10.1 Å². The van der Waals surface area contributed by atoms with E-state index in [-0.39, 0.29) is 5.56 Å². The van der Waals surface area contributed by atoms with E-state index in [9.17, 15) is 9.18 Å². The first kappa shape index (κ1) is 12.5. The zero-order chi connectivity index (χ0) is 15.3. The normalized spacial score (nSPS) is 11.3. The molecular weight excluding hydrogens is 289 g/mol. The lowest BCUT2D eigenvalue weighted by Crippen LogP contribution is -1.94. The molecule has 0 unspecified atom stereocenters. The molecule has 3 heterocycles. The second-order valence-electron chi connectivity index (χ2n) is 4.77. The summed E-state index contributed by atoms with van der Waals surface area (Å²) in [5.41, 5.74) is 2.08. The third kappa shape index (κ3) is 1.76. The topological polar surface area (TPSA) is 80.6 Å². The van der Waals surface area contributed by atoms with E-state index in [1.165, 1.54) is 24.4 Å². The first-order valence-corrected chi connectivity index (χ1v) is 6.39. The highest BCUT2D eigenvalue weighted by Crippen LogP contribution is 2.29. The van der Waals surface area contributed by atoms with Crippen LogP contribution in [0.15, 0.2) is 47.2 Å². The number of carbonyl (C=O) groups is 1. The van der Waals surface area contributed by atoms with Crippen LogP contribution in [0.2, 0.25) is 0 Å². The number of aromatic nitrogens is 3. The summed E-state index contributed by atoms with van der Waals surface area (Å²) >= 11 is 0. The summed E-state index contributed by atoms with van der Waals surface area (Å²) in [7, 11) is 0. The third-order valence-electron chi connectivity index (χ3n) is 3.43. The summed E-state index contributed by atoms with van der Waals surface area (Å²) in [6.45, 7) is 0. The van der Waals surface area contributed by atoms with Crippen LogP contribution in [0.25, 0.3) is 28.0 Å². The Morgan fingerprint density at radius 3 is 2.95 bits per heavy atom. The van der Waals surface area contributed by atoms with Crippen LogP contribution in [-0.4, -0.2) is 25.6 Å². The Morgan fingerprint density at radius 2 is 2.14 bits per heavy atom. The number of benzene rings is 1. The number of fused-ring (bicyclic) bond motifs is 2. The predicted octanol–water partition coefficient (Wildman–Crippen LogP) is 2.98. The molecule has 0 fully saturated rings. The molecule has 3 aromatic heterocycles. The monoisotopic (exact) mass is 297 g/mol. The molecule has 1 aromatic carbocycles. The van der Waals surface area contributed by atoms with Gasteiger partial charge in [-0.25, -0.2) is 14.2 Å². The molecule has 6 nitrogen and oxygen atoms in total. The fraction of sp³-hybridized carbons (Fsp3) is 0. The smallest absolute Gasteiger partial charge is 0.335 e. The average Bonchev–Trinajstić information content (AvgIpc) is 3.09. The number of carboxylic acid groups (broad SMARTS) is 1. The highest BCUT2D eigenvalue weighted by molar-refractivity contribution is 5.97. The molecule has 0 amide bonds. The van der Waals surface area contributed by atoms with Crippen LogP contribution < -0.4 is 0 Å². The van der Waals surface area contributed by atoms with Gasteiger partial charge in [-0.05, 0) is 30.3 Å². The van der Waals surface area contributed by atoms with Crippen molar-refractivity contribution in [3.63, 3.8) is 0 Å². The van der Waals surface area contributed by atoms with Crippen molar-refractivity contribution in [1.82, 2.24) is 14.5 Å². The van der Waals surface area contributed by atoms with Crippen LogP contribution >= 0.6 is 0 Å². The Kier molecular flexibility index (Phi) is 2.50. The summed E-state index contributed by atoms with van der Waals surface area (Å²) in [5, 5.41) is 13.6. The SMILES string of the molecule is O=C(O)c1ccc2c(-c3cnc4ccc(F)cn34)noc2c1. The second-order valence-corrected chi connectivity index (χ2v) is 4.77. The summed E-state index contributed by atoms with van der Waals surface area (Å²) in [6.07, 6.45) is 2.88. The number of imidazole rings is 1. The van der Waals surface area contributed by atoms with Gasteiger partial charge in [0.1, 0.15) is 17.2 Å². The highest BCUT2D eigenvalue weighted by atomic mass is 19.1. The third-order valence-corrected chi connectivity index (χ3v) is 3.43. The van der Waals surface area contributed by atoms with Gasteiger partial charge in [0.2, 0.25) is 0 Å². The first-order chi connectivity index (χ1) is 10.6. The van der Waals surface area contributed by atoms with Crippen LogP contribution in [0.5, 0.6) is 0 Å². The molecule has 0 radical (unpaired) electrons. The van der Waals surface area contributed by atoms with E-state index >= 15 is 0 Å². The lowest BCUT2D eigenvalue weighted by atomic mass is 10.1. The minimum atomic E-state index is -1.04. The minimum absolute atomic E-state index is 0.111. The predicted molar refractivity (Wildman–Crippen MR) is 75.1 cm³/mol. The summed E-state index contributed by atoms with van der Waals surface area (Å²) in [4.78, 5) is 15.2. The molecule has 0 aliphatic rings. The number of nitrogens with zero attached hydrogens (tertiary/aromatic N) is 3. The second kappa shape index (κ2) is 4.39. The summed E-state index contributed by atoms with van der Waals surface area (Å²) < 4.78 is 20.2. The number of carboxylic acids is 1. The lowest BCUT2D eigenvalue weighted by Gasteiger charge is -1.99. The maximum absolute atomic E-state index is 13.4. The Balaban J connectivity index is 1.96. The maximum atomic E-state index is 13.4. The van der Waals surface area contributed by atoms with Crippen molar-refractivity contribution in [2.24, 2.45) is 0 Å². The Labute approximate surface area is 122 Å². The Morgan fingerprint density at radius 1 is 1.27 bits per heavy atom. The molecule has 0 aliphatic heterocycles. The minimum Gasteiger partial charge on any atom is -0.478 e. The van der Waals surface area contributed by atoms with Gasteiger partial charge < -0.3 is 9.63 Å². The molecule has 0 atom stereocenters.